The second-order valence-electron chi connectivity index (χ2n) is 7.97. The van der Waals surface area contributed by atoms with Gasteiger partial charge in [-0.3, -0.25) is 4.79 Å². The van der Waals surface area contributed by atoms with Gasteiger partial charge >= 0.3 is 0 Å². The number of aromatic hydroxyl groups is 3. The van der Waals surface area contributed by atoms with E-state index in [4.69, 9.17) is 9.15 Å². The van der Waals surface area contributed by atoms with E-state index < -0.39 is 22.5 Å². The SMILES string of the molecule is C/C(=C/Cc1c2c(c(O)c3c(=O)c4ccc(O)c(O)c4oc13)C=CC(C)(C)O2)CO. The minimum absolute atomic E-state index is 0.0297. The smallest absolute Gasteiger partial charge is 0.204 e. The van der Waals surface area contributed by atoms with Crippen molar-refractivity contribution in [2.45, 2.75) is 32.8 Å². The Morgan fingerprint density at radius 2 is 1.87 bits per heavy atom. The van der Waals surface area contributed by atoms with Crippen LogP contribution in [0.15, 0.2) is 39.1 Å². The van der Waals surface area contributed by atoms with Crippen LogP contribution in [0.3, 0.4) is 0 Å². The first-order valence-electron chi connectivity index (χ1n) is 9.48. The lowest BCUT2D eigenvalue weighted by molar-refractivity contribution is 0.157. The predicted molar refractivity (Wildman–Crippen MR) is 113 cm³/mol. The van der Waals surface area contributed by atoms with Crippen molar-refractivity contribution in [3.8, 4) is 23.0 Å². The van der Waals surface area contributed by atoms with Crippen LogP contribution >= 0.6 is 0 Å². The van der Waals surface area contributed by atoms with Crippen LogP contribution in [0.1, 0.15) is 31.9 Å². The number of ether oxygens (including phenoxy) is 1. The van der Waals surface area contributed by atoms with Gasteiger partial charge in [-0.1, -0.05) is 11.6 Å². The van der Waals surface area contributed by atoms with E-state index in [-0.39, 0.29) is 40.7 Å². The number of allylic oxidation sites excluding steroid dienone is 1. The maximum absolute atomic E-state index is 13.2. The molecule has 30 heavy (non-hydrogen) atoms. The van der Waals surface area contributed by atoms with Crippen LogP contribution in [0, 0.1) is 0 Å². The van der Waals surface area contributed by atoms with E-state index in [9.17, 15) is 25.2 Å². The minimum Gasteiger partial charge on any atom is -0.506 e. The third-order valence-corrected chi connectivity index (χ3v) is 5.22. The van der Waals surface area contributed by atoms with Crippen molar-refractivity contribution in [2.75, 3.05) is 6.61 Å². The first-order valence-corrected chi connectivity index (χ1v) is 9.48. The molecule has 7 nitrogen and oxygen atoms in total. The molecule has 0 aliphatic carbocycles. The Morgan fingerprint density at radius 1 is 1.13 bits per heavy atom. The zero-order valence-corrected chi connectivity index (χ0v) is 16.8. The number of fused-ring (bicyclic) bond motifs is 3. The quantitative estimate of drug-likeness (QED) is 0.295. The van der Waals surface area contributed by atoms with Crippen molar-refractivity contribution in [2.24, 2.45) is 0 Å². The summed E-state index contributed by atoms with van der Waals surface area (Å²) in [7, 11) is 0. The summed E-state index contributed by atoms with van der Waals surface area (Å²) in [6, 6.07) is 2.52. The van der Waals surface area contributed by atoms with E-state index in [1.54, 1.807) is 25.2 Å². The Labute approximate surface area is 171 Å². The fourth-order valence-electron chi connectivity index (χ4n) is 3.55. The lowest BCUT2D eigenvalue weighted by Gasteiger charge is -2.30. The number of rotatable bonds is 3. The van der Waals surface area contributed by atoms with Crippen LogP contribution in [0.2, 0.25) is 0 Å². The molecule has 1 aliphatic heterocycles. The van der Waals surface area contributed by atoms with Crippen LogP contribution < -0.4 is 10.2 Å². The molecule has 0 radical (unpaired) electrons. The van der Waals surface area contributed by atoms with Crippen molar-refractivity contribution >= 4 is 28.0 Å². The number of aliphatic hydroxyl groups excluding tert-OH is 1. The van der Waals surface area contributed by atoms with Gasteiger partial charge in [0.25, 0.3) is 0 Å². The molecule has 2 aromatic carbocycles. The number of aliphatic hydroxyl groups is 1. The molecule has 4 rings (SSSR count). The molecule has 2 heterocycles. The van der Waals surface area contributed by atoms with Gasteiger partial charge in [0.1, 0.15) is 28.1 Å². The summed E-state index contributed by atoms with van der Waals surface area (Å²) in [5.41, 5.74) is 0.240. The summed E-state index contributed by atoms with van der Waals surface area (Å²) < 4.78 is 12.0. The summed E-state index contributed by atoms with van der Waals surface area (Å²) in [6.45, 7) is 5.33. The Kier molecular flexibility index (Phi) is 4.51. The van der Waals surface area contributed by atoms with Gasteiger partial charge in [0.15, 0.2) is 11.3 Å². The molecule has 0 bridgehead atoms. The molecular formula is C23H22O7. The summed E-state index contributed by atoms with van der Waals surface area (Å²) >= 11 is 0. The highest BCUT2D eigenvalue weighted by Crippen LogP contribution is 2.46. The standard InChI is InChI=1S/C23H22O7/c1-11(10-24)4-5-14-20-13(8-9-23(2,3)30-20)18(27)16-17(26)12-6-7-15(25)19(28)22(12)29-21(14)16/h4,6-9,24-25,27-28H,5,10H2,1-3H3/b11-4-. The fraction of sp³-hybridized carbons (Fsp3) is 0.261. The van der Waals surface area contributed by atoms with Crippen LogP contribution in [0.4, 0.5) is 0 Å². The topological polar surface area (TPSA) is 120 Å². The highest BCUT2D eigenvalue weighted by Gasteiger charge is 2.30. The van der Waals surface area contributed by atoms with Gasteiger partial charge in [-0.25, -0.2) is 0 Å². The molecular weight excluding hydrogens is 388 g/mol. The molecule has 7 heteroatoms. The molecule has 0 saturated heterocycles. The summed E-state index contributed by atoms with van der Waals surface area (Å²) in [5, 5.41) is 40.4. The first kappa shape index (κ1) is 19.8. The van der Waals surface area contributed by atoms with Crippen molar-refractivity contribution < 1.29 is 29.6 Å². The molecule has 0 unspecified atom stereocenters. The number of phenolic OH excluding ortho intramolecular Hbond substituents is 3. The van der Waals surface area contributed by atoms with Gasteiger partial charge in [-0.15, -0.1) is 0 Å². The second-order valence-corrected chi connectivity index (χ2v) is 7.97. The van der Waals surface area contributed by atoms with E-state index in [1.165, 1.54) is 12.1 Å². The fourth-order valence-corrected chi connectivity index (χ4v) is 3.55. The molecule has 0 saturated carbocycles. The lowest BCUT2D eigenvalue weighted by Crippen LogP contribution is -2.28. The van der Waals surface area contributed by atoms with Gasteiger partial charge in [0.2, 0.25) is 11.2 Å². The summed E-state index contributed by atoms with van der Waals surface area (Å²) in [6.07, 6.45) is 5.51. The number of hydrogen-bond acceptors (Lipinski definition) is 7. The molecule has 0 spiro atoms. The molecule has 156 valence electrons. The highest BCUT2D eigenvalue weighted by molar-refractivity contribution is 6.00. The van der Waals surface area contributed by atoms with Gasteiger partial charge in [0, 0.05) is 5.56 Å². The largest absolute Gasteiger partial charge is 0.506 e. The van der Waals surface area contributed by atoms with E-state index in [2.05, 4.69) is 0 Å². The maximum atomic E-state index is 13.2. The highest BCUT2D eigenvalue weighted by atomic mass is 16.5. The van der Waals surface area contributed by atoms with Crippen molar-refractivity contribution in [3.05, 3.63) is 51.2 Å². The third kappa shape index (κ3) is 2.98. The van der Waals surface area contributed by atoms with E-state index in [0.717, 1.165) is 0 Å². The van der Waals surface area contributed by atoms with Gasteiger partial charge in [-0.05, 0) is 51.5 Å². The Bertz CT molecular complexity index is 1310. The van der Waals surface area contributed by atoms with Gasteiger partial charge in [-0.2, -0.15) is 0 Å². The van der Waals surface area contributed by atoms with E-state index in [0.29, 0.717) is 22.4 Å². The number of hydrogen-bond donors (Lipinski definition) is 4. The predicted octanol–water partition coefficient (Wildman–Crippen LogP) is 3.73. The molecule has 0 atom stereocenters. The number of phenols is 3. The first-order chi connectivity index (χ1) is 14.1. The summed E-state index contributed by atoms with van der Waals surface area (Å²) in [4.78, 5) is 13.2. The van der Waals surface area contributed by atoms with Crippen molar-refractivity contribution in [1.29, 1.82) is 0 Å². The molecule has 3 aromatic rings. The van der Waals surface area contributed by atoms with Gasteiger partial charge < -0.3 is 29.6 Å². The van der Waals surface area contributed by atoms with E-state index >= 15 is 0 Å². The van der Waals surface area contributed by atoms with Crippen LogP contribution in [-0.2, 0) is 6.42 Å². The van der Waals surface area contributed by atoms with Crippen molar-refractivity contribution in [3.63, 3.8) is 0 Å². The lowest BCUT2D eigenvalue weighted by atomic mass is 9.94. The minimum atomic E-state index is -0.658. The zero-order valence-electron chi connectivity index (χ0n) is 16.8. The maximum Gasteiger partial charge on any atom is 0.204 e. The van der Waals surface area contributed by atoms with E-state index in [1.807, 2.05) is 13.8 Å². The molecule has 4 N–H and O–H groups in total. The Balaban J connectivity index is 2.18. The van der Waals surface area contributed by atoms with Gasteiger partial charge in [0.05, 0.1) is 17.6 Å². The average Bonchev–Trinajstić information content (AvgIpc) is 2.69. The molecule has 1 aromatic heterocycles. The molecule has 1 aliphatic rings. The Morgan fingerprint density at radius 3 is 2.57 bits per heavy atom. The Hall–Kier alpha value is -3.45. The second kappa shape index (κ2) is 6.81. The average molecular weight is 410 g/mol. The van der Waals surface area contributed by atoms with Crippen LogP contribution in [-0.4, -0.2) is 32.6 Å². The summed E-state index contributed by atoms with van der Waals surface area (Å²) in [5.74, 6) is -0.902. The zero-order chi connectivity index (χ0) is 21.8. The van der Waals surface area contributed by atoms with Crippen molar-refractivity contribution in [1.82, 2.24) is 0 Å². The number of benzene rings is 2. The monoisotopic (exact) mass is 410 g/mol. The molecule has 0 amide bonds. The van der Waals surface area contributed by atoms with Crippen LogP contribution in [0.5, 0.6) is 23.0 Å². The van der Waals surface area contributed by atoms with Crippen LogP contribution in [0.25, 0.3) is 28.0 Å². The molecule has 0 fully saturated rings. The normalized spacial score (nSPS) is 15.4. The third-order valence-electron chi connectivity index (χ3n) is 5.22.